The molecule has 6 heteroatoms. The molecule has 1 N–H and O–H groups in total. The minimum atomic E-state index is -0.275. The Morgan fingerprint density at radius 2 is 2.33 bits per heavy atom. The number of imidazole rings is 1. The van der Waals surface area contributed by atoms with Gasteiger partial charge in [-0.1, -0.05) is 17.7 Å². The van der Waals surface area contributed by atoms with Crippen LogP contribution in [0, 0.1) is 0 Å². The van der Waals surface area contributed by atoms with Crippen molar-refractivity contribution in [3.05, 3.63) is 35.2 Å². The summed E-state index contributed by atoms with van der Waals surface area (Å²) in [4.78, 5) is 17.9. The van der Waals surface area contributed by atoms with E-state index in [-0.39, 0.29) is 23.7 Å². The maximum atomic E-state index is 12.3. The van der Waals surface area contributed by atoms with Gasteiger partial charge in [0.05, 0.1) is 12.6 Å². The summed E-state index contributed by atoms with van der Waals surface area (Å²) in [7, 11) is 1.63. The topological polar surface area (TPSA) is 57.8 Å². The number of amides is 1. The first-order chi connectivity index (χ1) is 8.56. The number of nitrogens with zero attached hydrogens (tertiary/aromatic N) is 3. The quantitative estimate of drug-likeness (QED) is 0.916. The molecule has 0 aromatic carbocycles. The fourth-order valence-electron chi connectivity index (χ4n) is 1.65. The number of likely N-dealkylation sites (N-methyl/N-ethyl adjacent to an activating group) is 1. The van der Waals surface area contributed by atoms with Crippen LogP contribution >= 0.6 is 11.6 Å². The lowest BCUT2D eigenvalue weighted by Gasteiger charge is -2.22. The maximum Gasteiger partial charge on any atom is 0.274 e. The summed E-state index contributed by atoms with van der Waals surface area (Å²) in [6.45, 7) is 1.66. The molecule has 0 saturated heterocycles. The Morgan fingerprint density at radius 3 is 3.00 bits per heavy atom. The molecule has 96 valence electrons. The zero-order valence-corrected chi connectivity index (χ0v) is 10.9. The van der Waals surface area contributed by atoms with E-state index in [1.165, 1.54) is 4.90 Å². The fraction of sp³-hybridized carbons (Fsp3) is 0.333. The number of aromatic nitrogens is 2. The van der Waals surface area contributed by atoms with E-state index in [0.717, 1.165) is 0 Å². The van der Waals surface area contributed by atoms with Crippen LogP contribution in [-0.4, -0.2) is 45.0 Å². The fourth-order valence-corrected chi connectivity index (χ4v) is 1.91. The summed E-state index contributed by atoms with van der Waals surface area (Å²) in [6, 6.07) is 5.13. The van der Waals surface area contributed by atoms with E-state index < -0.39 is 0 Å². The van der Waals surface area contributed by atoms with Crippen molar-refractivity contribution in [2.75, 3.05) is 13.7 Å². The molecule has 1 amide bonds. The van der Waals surface area contributed by atoms with Crippen LogP contribution in [-0.2, 0) is 0 Å². The van der Waals surface area contributed by atoms with Crippen molar-refractivity contribution >= 4 is 23.2 Å². The molecule has 0 aliphatic rings. The molecule has 1 unspecified atom stereocenters. The Kier molecular flexibility index (Phi) is 3.54. The number of aliphatic hydroxyl groups is 1. The molecule has 5 nitrogen and oxygen atoms in total. The summed E-state index contributed by atoms with van der Waals surface area (Å²) in [5, 5.41) is 9.25. The lowest BCUT2D eigenvalue weighted by molar-refractivity contribution is 0.0675. The normalized spacial score (nSPS) is 12.7. The average Bonchev–Trinajstić information content (AvgIpc) is 2.71. The van der Waals surface area contributed by atoms with Crippen LogP contribution in [0.1, 0.15) is 17.4 Å². The Labute approximate surface area is 110 Å². The van der Waals surface area contributed by atoms with Crippen molar-refractivity contribution in [3.63, 3.8) is 0 Å². The number of hydrogen-bond acceptors (Lipinski definition) is 3. The van der Waals surface area contributed by atoms with Crippen molar-refractivity contribution < 1.29 is 9.90 Å². The van der Waals surface area contributed by atoms with Gasteiger partial charge < -0.3 is 10.0 Å². The molecule has 18 heavy (non-hydrogen) atoms. The predicted molar refractivity (Wildman–Crippen MR) is 68.8 cm³/mol. The summed E-state index contributed by atoms with van der Waals surface area (Å²) < 4.78 is 1.64. The zero-order valence-electron chi connectivity index (χ0n) is 10.2. The lowest BCUT2D eigenvalue weighted by Crippen LogP contribution is -2.38. The number of fused-ring (bicyclic) bond motifs is 1. The molecule has 0 saturated carbocycles. The summed E-state index contributed by atoms with van der Waals surface area (Å²) in [5.41, 5.74) is 0.936. The van der Waals surface area contributed by atoms with Crippen LogP contribution < -0.4 is 0 Å². The molecule has 0 aliphatic carbocycles. The van der Waals surface area contributed by atoms with Crippen molar-refractivity contribution in [1.82, 2.24) is 14.3 Å². The van der Waals surface area contributed by atoms with Gasteiger partial charge in [-0.05, 0) is 19.1 Å². The first kappa shape index (κ1) is 12.9. The van der Waals surface area contributed by atoms with E-state index >= 15 is 0 Å². The molecule has 2 heterocycles. The molecular weight excluding hydrogens is 254 g/mol. The molecule has 2 aromatic rings. The number of carbonyl (C=O) groups is 1. The second kappa shape index (κ2) is 4.96. The van der Waals surface area contributed by atoms with Crippen molar-refractivity contribution in [2.24, 2.45) is 0 Å². The van der Waals surface area contributed by atoms with E-state index in [4.69, 9.17) is 16.7 Å². The SMILES string of the molecule is CC(CO)N(C)C(=O)c1c(Cl)nc2ccccn12. The standard InChI is InChI=1S/C12H14ClN3O2/c1-8(7-17)15(2)12(18)10-11(13)14-9-5-3-4-6-16(9)10/h3-6,8,17H,7H2,1-2H3. The number of hydrogen-bond donors (Lipinski definition) is 1. The monoisotopic (exact) mass is 267 g/mol. The van der Waals surface area contributed by atoms with Crippen LogP contribution in [0.25, 0.3) is 5.65 Å². The van der Waals surface area contributed by atoms with Gasteiger partial charge in [-0.15, -0.1) is 0 Å². The van der Waals surface area contributed by atoms with Gasteiger partial charge in [0, 0.05) is 13.2 Å². The first-order valence-corrected chi connectivity index (χ1v) is 5.94. The van der Waals surface area contributed by atoms with E-state index in [2.05, 4.69) is 4.98 Å². The molecule has 0 aliphatic heterocycles. The van der Waals surface area contributed by atoms with E-state index in [1.54, 1.807) is 36.7 Å². The molecule has 1 atom stereocenters. The highest BCUT2D eigenvalue weighted by Gasteiger charge is 2.23. The van der Waals surface area contributed by atoms with Crippen LogP contribution in [0.5, 0.6) is 0 Å². The number of aliphatic hydroxyl groups excluding tert-OH is 1. The van der Waals surface area contributed by atoms with Crippen molar-refractivity contribution in [2.45, 2.75) is 13.0 Å². The molecule has 0 radical (unpaired) electrons. The number of pyridine rings is 1. The van der Waals surface area contributed by atoms with Gasteiger partial charge >= 0.3 is 0 Å². The van der Waals surface area contributed by atoms with Gasteiger partial charge in [0.15, 0.2) is 10.8 Å². The number of rotatable bonds is 3. The van der Waals surface area contributed by atoms with Gasteiger partial charge in [-0.25, -0.2) is 4.98 Å². The maximum absolute atomic E-state index is 12.3. The van der Waals surface area contributed by atoms with E-state index in [0.29, 0.717) is 11.3 Å². The highest BCUT2D eigenvalue weighted by atomic mass is 35.5. The molecule has 0 fully saturated rings. The summed E-state index contributed by atoms with van der Waals surface area (Å²) >= 11 is 6.01. The third-order valence-corrected chi connectivity index (χ3v) is 3.20. The van der Waals surface area contributed by atoms with Gasteiger partial charge in [-0.2, -0.15) is 0 Å². The zero-order chi connectivity index (χ0) is 13.3. The lowest BCUT2D eigenvalue weighted by atomic mass is 10.3. The van der Waals surface area contributed by atoms with Crippen molar-refractivity contribution in [1.29, 1.82) is 0 Å². The largest absolute Gasteiger partial charge is 0.394 e. The Balaban J connectivity index is 2.47. The van der Waals surface area contributed by atoms with E-state index in [1.807, 2.05) is 6.07 Å². The minimum Gasteiger partial charge on any atom is -0.394 e. The van der Waals surface area contributed by atoms with E-state index in [9.17, 15) is 4.79 Å². The highest BCUT2D eigenvalue weighted by molar-refractivity contribution is 6.32. The predicted octanol–water partition coefficient (Wildman–Crippen LogP) is 1.44. The molecule has 2 aromatic heterocycles. The third kappa shape index (κ3) is 2.07. The molecule has 0 bridgehead atoms. The first-order valence-electron chi connectivity index (χ1n) is 5.57. The number of halogens is 1. The van der Waals surface area contributed by atoms with Gasteiger partial charge in [0.1, 0.15) is 5.65 Å². The van der Waals surface area contributed by atoms with Crippen LogP contribution in [0.4, 0.5) is 0 Å². The highest BCUT2D eigenvalue weighted by Crippen LogP contribution is 2.19. The molecule has 0 spiro atoms. The Morgan fingerprint density at radius 1 is 1.61 bits per heavy atom. The van der Waals surface area contributed by atoms with Gasteiger partial charge in [-0.3, -0.25) is 9.20 Å². The average molecular weight is 268 g/mol. The van der Waals surface area contributed by atoms with Crippen LogP contribution in [0.3, 0.4) is 0 Å². The van der Waals surface area contributed by atoms with Gasteiger partial charge in [0.25, 0.3) is 5.91 Å². The molecule has 2 rings (SSSR count). The number of carbonyl (C=O) groups excluding carboxylic acids is 1. The second-order valence-electron chi connectivity index (χ2n) is 4.13. The Bertz CT molecular complexity index is 582. The molecular formula is C12H14ClN3O2. The smallest absolute Gasteiger partial charge is 0.274 e. The third-order valence-electron chi connectivity index (χ3n) is 2.94. The minimum absolute atomic E-state index is 0.101. The Hall–Kier alpha value is -1.59. The van der Waals surface area contributed by atoms with Gasteiger partial charge in [0.2, 0.25) is 0 Å². The second-order valence-corrected chi connectivity index (χ2v) is 4.49. The summed E-state index contributed by atoms with van der Waals surface area (Å²) in [5.74, 6) is -0.264. The van der Waals surface area contributed by atoms with Crippen LogP contribution in [0.15, 0.2) is 24.4 Å². The van der Waals surface area contributed by atoms with Crippen LogP contribution in [0.2, 0.25) is 5.15 Å². The summed E-state index contributed by atoms with van der Waals surface area (Å²) in [6.07, 6.45) is 1.74. The van der Waals surface area contributed by atoms with Crippen molar-refractivity contribution in [3.8, 4) is 0 Å².